The number of guanidine groups is 1. The number of nitrogens with one attached hydrogen (secondary N) is 1. The van der Waals surface area contributed by atoms with Crippen molar-refractivity contribution < 1.29 is 0 Å². The number of nitrogens with zero attached hydrogens (tertiary/aromatic N) is 5. The zero-order chi connectivity index (χ0) is 17.9. The average molecular weight is 346 g/mol. The Bertz CT molecular complexity index is 943. The lowest BCUT2D eigenvalue weighted by atomic mass is 10.2. The fraction of sp³-hybridized carbons (Fsp3) is 0.250. The number of para-hydroxylation sites is 1. The van der Waals surface area contributed by atoms with Crippen molar-refractivity contribution in [2.45, 2.75) is 19.9 Å². The average Bonchev–Trinajstić information content (AvgIpc) is 3.29. The van der Waals surface area contributed by atoms with E-state index in [4.69, 9.17) is 0 Å². The van der Waals surface area contributed by atoms with Crippen molar-refractivity contribution in [2.24, 2.45) is 4.99 Å². The van der Waals surface area contributed by atoms with Crippen molar-refractivity contribution in [3.05, 3.63) is 71.9 Å². The molecule has 3 heterocycles. The standard InChI is InChI=1S/C20H22N6/c1-15-22-11-13-25(15)19-17(7-5-10-23-19)14-24-20(21-2)26-12-9-16-6-3-4-8-18(16)26/h3-8,10-11,13H,9,12,14H2,1-2H3,(H,21,24). The maximum absolute atomic E-state index is 4.55. The highest BCUT2D eigenvalue weighted by Gasteiger charge is 2.22. The lowest BCUT2D eigenvalue weighted by molar-refractivity contribution is 0.833. The molecule has 0 saturated heterocycles. The fourth-order valence-corrected chi connectivity index (χ4v) is 3.41. The molecule has 0 amide bonds. The predicted molar refractivity (Wildman–Crippen MR) is 104 cm³/mol. The molecule has 0 aliphatic carbocycles. The zero-order valence-corrected chi connectivity index (χ0v) is 15.1. The molecule has 1 aliphatic rings. The molecule has 0 spiro atoms. The number of aryl methyl sites for hydroxylation is 1. The summed E-state index contributed by atoms with van der Waals surface area (Å²) < 4.78 is 2.00. The number of imidazole rings is 1. The summed E-state index contributed by atoms with van der Waals surface area (Å²) in [5.74, 6) is 2.70. The third-order valence-electron chi connectivity index (χ3n) is 4.71. The van der Waals surface area contributed by atoms with Crippen LogP contribution in [0.1, 0.15) is 17.0 Å². The first-order valence-corrected chi connectivity index (χ1v) is 8.78. The lowest BCUT2D eigenvalue weighted by Gasteiger charge is -2.23. The molecule has 0 bridgehead atoms. The summed E-state index contributed by atoms with van der Waals surface area (Å²) in [7, 11) is 1.83. The van der Waals surface area contributed by atoms with Gasteiger partial charge in [-0.3, -0.25) is 9.56 Å². The smallest absolute Gasteiger partial charge is 0.198 e. The Kier molecular flexibility index (Phi) is 4.39. The van der Waals surface area contributed by atoms with Gasteiger partial charge in [-0.15, -0.1) is 0 Å². The van der Waals surface area contributed by atoms with Gasteiger partial charge < -0.3 is 10.2 Å². The Morgan fingerprint density at radius 3 is 2.85 bits per heavy atom. The SMILES string of the molecule is CN=C(NCc1cccnc1-n1ccnc1C)N1CCc2ccccc21. The Balaban J connectivity index is 1.55. The van der Waals surface area contributed by atoms with Gasteiger partial charge in [-0.05, 0) is 31.0 Å². The quantitative estimate of drug-likeness (QED) is 0.585. The summed E-state index contributed by atoms with van der Waals surface area (Å²) in [5, 5.41) is 3.49. The zero-order valence-electron chi connectivity index (χ0n) is 15.1. The summed E-state index contributed by atoms with van der Waals surface area (Å²) in [4.78, 5) is 15.6. The van der Waals surface area contributed by atoms with Crippen LogP contribution in [0.2, 0.25) is 0 Å². The van der Waals surface area contributed by atoms with Crippen LogP contribution >= 0.6 is 0 Å². The van der Waals surface area contributed by atoms with Crippen LogP contribution in [0.5, 0.6) is 0 Å². The molecular weight excluding hydrogens is 324 g/mol. The van der Waals surface area contributed by atoms with E-state index in [1.54, 1.807) is 6.20 Å². The fourth-order valence-electron chi connectivity index (χ4n) is 3.41. The van der Waals surface area contributed by atoms with E-state index in [9.17, 15) is 0 Å². The number of benzene rings is 1. The molecular formula is C20H22N6. The van der Waals surface area contributed by atoms with Crippen molar-refractivity contribution in [1.29, 1.82) is 0 Å². The van der Waals surface area contributed by atoms with Crippen molar-refractivity contribution in [3.8, 4) is 5.82 Å². The highest BCUT2D eigenvalue weighted by Crippen LogP contribution is 2.27. The Morgan fingerprint density at radius 1 is 1.15 bits per heavy atom. The second-order valence-corrected chi connectivity index (χ2v) is 6.26. The van der Waals surface area contributed by atoms with Crippen LogP contribution in [0.15, 0.2) is 60.0 Å². The second-order valence-electron chi connectivity index (χ2n) is 6.26. The molecule has 26 heavy (non-hydrogen) atoms. The first kappa shape index (κ1) is 16.3. The summed E-state index contributed by atoms with van der Waals surface area (Å²) in [6.07, 6.45) is 6.58. The molecule has 0 saturated carbocycles. The lowest BCUT2D eigenvalue weighted by Crippen LogP contribution is -2.40. The number of aliphatic imine (C=N–C) groups is 1. The highest BCUT2D eigenvalue weighted by atomic mass is 15.3. The first-order valence-electron chi connectivity index (χ1n) is 8.78. The van der Waals surface area contributed by atoms with E-state index < -0.39 is 0 Å². The number of hydrogen-bond donors (Lipinski definition) is 1. The van der Waals surface area contributed by atoms with E-state index in [2.05, 4.69) is 55.5 Å². The second kappa shape index (κ2) is 7.00. The molecule has 1 N–H and O–H groups in total. The highest BCUT2D eigenvalue weighted by molar-refractivity contribution is 5.97. The van der Waals surface area contributed by atoms with Gasteiger partial charge in [0.15, 0.2) is 5.96 Å². The van der Waals surface area contributed by atoms with Gasteiger partial charge in [0.2, 0.25) is 0 Å². The van der Waals surface area contributed by atoms with Gasteiger partial charge in [-0.25, -0.2) is 9.97 Å². The maximum atomic E-state index is 4.55. The van der Waals surface area contributed by atoms with Gasteiger partial charge in [0.25, 0.3) is 0 Å². The summed E-state index contributed by atoms with van der Waals surface area (Å²) in [6, 6.07) is 12.5. The van der Waals surface area contributed by atoms with Gasteiger partial charge in [0.05, 0.1) is 0 Å². The van der Waals surface area contributed by atoms with E-state index in [0.29, 0.717) is 6.54 Å². The Labute approximate surface area is 153 Å². The number of pyridine rings is 1. The minimum absolute atomic E-state index is 0.645. The van der Waals surface area contributed by atoms with Gasteiger partial charge in [-0.1, -0.05) is 24.3 Å². The number of rotatable bonds is 3. The van der Waals surface area contributed by atoms with Crippen molar-refractivity contribution in [3.63, 3.8) is 0 Å². The number of fused-ring (bicyclic) bond motifs is 1. The minimum atomic E-state index is 0.645. The molecule has 132 valence electrons. The van der Waals surface area contributed by atoms with E-state index in [1.165, 1.54) is 11.3 Å². The largest absolute Gasteiger partial charge is 0.352 e. The molecule has 2 aromatic heterocycles. The van der Waals surface area contributed by atoms with Crippen LogP contribution in [0.4, 0.5) is 5.69 Å². The van der Waals surface area contributed by atoms with Gasteiger partial charge in [-0.2, -0.15) is 0 Å². The van der Waals surface area contributed by atoms with Gasteiger partial charge in [0, 0.05) is 50.0 Å². The normalized spacial score (nSPS) is 13.8. The van der Waals surface area contributed by atoms with Gasteiger partial charge in [0.1, 0.15) is 11.6 Å². The summed E-state index contributed by atoms with van der Waals surface area (Å²) in [6.45, 7) is 3.57. The molecule has 6 heteroatoms. The van der Waals surface area contributed by atoms with Crippen molar-refractivity contribution in [2.75, 3.05) is 18.5 Å². The van der Waals surface area contributed by atoms with E-state index in [1.807, 2.05) is 37.0 Å². The topological polar surface area (TPSA) is 58.3 Å². The van der Waals surface area contributed by atoms with Crippen LogP contribution in [-0.2, 0) is 13.0 Å². The van der Waals surface area contributed by atoms with Crippen LogP contribution in [0.25, 0.3) is 5.82 Å². The molecule has 0 fully saturated rings. The Hall–Kier alpha value is -3.15. The Morgan fingerprint density at radius 2 is 2.04 bits per heavy atom. The number of hydrogen-bond acceptors (Lipinski definition) is 3. The minimum Gasteiger partial charge on any atom is -0.352 e. The molecule has 0 unspecified atom stereocenters. The van der Waals surface area contributed by atoms with E-state index in [0.717, 1.165) is 36.1 Å². The molecule has 3 aromatic rings. The van der Waals surface area contributed by atoms with Crippen LogP contribution in [-0.4, -0.2) is 34.1 Å². The van der Waals surface area contributed by atoms with Crippen LogP contribution in [0, 0.1) is 6.92 Å². The molecule has 1 aromatic carbocycles. The first-order chi connectivity index (χ1) is 12.8. The molecule has 0 atom stereocenters. The van der Waals surface area contributed by atoms with Crippen LogP contribution < -0.4 is 10.2 Å². The number of aromatic nitrogens is 3. The number of anilines is 1. The van der Waals surface area contributed by atoms with Crippen molar-refractivity contribution >= 4 is 11.6 Å². The summed E-state index contributed by atoms with van der Waals surface area (Å²) in [5.41, 5.74) is 3.70. The third kappa shape index (κ3) is 2.94. The molecule has 6 nitrogen and oxygen atoms in total. The third-order valence-corrected chi connectivity index (χ3v) is 4.71. The molecule has 4 rings (SSSR count). The van der Waals surface area contributed by atoms with Crippen molar-refractivity contribution in [1.82, 2.24) is 19.9 Å². The van der Waals surface area contributed by atoms with Gasteiger partial charge >= 0.3 is 0 Å². The predicted octanol–water partition coefficient (Wildman–Crippen LogP) is 2.71. The summed E-state index contributed by atoms with van der Waals surface area (Å²) >= 11 is 0. The van der Waals surface area contributed by atoms with Crippen LogP contribution in [0.3, 0.4) is 0 Å². The molecule has 1 aliphatic heterocycles. The van der Waals surface area contributed by atoms with E-state index in [-0.39, 0.29) is 0 Å². The monoisotopic (exact) mass is 346 g/mol. The molecule has 0 radical (unpaired) electrons. The maximum Gasteiger partial charge on any atom is 0.198 e. The van der Waals surface area contributed by atoms with E-state index >= 15 is 0 Å².